The summed E-state index contributed by atoms with van der Waals surface area (Å²) in [7, 11) is 0. The summed E-state index contributed by atoms with van der Waals surface area (Å²) in [5.41, 5.74) is 0. The van der Waals surface area contributed by atoms with Gasteiger partial charge in [-0.15, -0.1) is 0 Å². The van der Waals surface area contributed by atoms with Gasteiger partial charge in [0.05, 0.1) is 12.2 Å². The van der Waals surface area contributed by atoms with Gasteiger partial charge in [-0.1, -0.05) is 39.5 Å². The van der Waals surface area contributed by atoms with Crippen LogP contribution in [0, 0.1) is 11.8 Å². The van der Waals surface area contributed by atoms with Crippen molar-refractivity contribution in [3.8, 4) is 0 Å². The van der Waals surface area contributed by atoms with Crippen LogP contribution in [0.2, 0.25) is 0 Å². The van der Waals surface area contributed by atoms with Gasteiger partial charge < -0.3 is 10.2 Å². The summed E-state index contributed by atoms with van der Waals surface area (Å²) in [6, 6.07) is 0. The van der Waals surface area contributed by atoms with E-state index in [-0.39, 0.29) is 12.2 Å². The molecule has 0 heterocycles. The summed E-state index contributed by atoms with van der Waals surface area (Å²) in [5.74, 6) is 1.06. The van der Waals surface area contributed by atoms with Gasteiger partial charge in [0.1, 0.15) is 0 Å². The van der Waals surface area contributed by atoms with E-state index in [4.69, 9.17) is 0 Å². The molecule has 0 spiro atoms. The molecule has 1 saturated carbocycles. The number of hydrogen-bond acceptors (Lipinski definition) is 2. The average molecular weight is 214 g/mol. The van der Waals surface area contributed by atoms with Crippen molar-refractivity contribution in [2.75, 3.05) is 0 Å². The largest absolute Gasteiger partial charge is 0.393 e. The van der Waals surface area contributed by atoms with Crippen LogP contribution in [0.3, 0.4) is 0 Å². The fraction of sp³-hybridized carbons (Fsp3) is 1.00. The highest BCUT2D eigenvalue weighted by atomic mass is 16.3. The van der Waals surface area contributed by atoms with Gasteiger partial charge in [-0.2, -0.15) is 0 Å². The lowest BCUT2D eigenvalue weighted by Gasteiger charge is -2.18. The highest BCUT2D eigenvalue weighted by Crippen LogP contribution is 2.29. The van der Waals surface area contributed by atoms with Crippen molar-refractivity contribution in [2.45, 2.75) is 71.0 Å². The van der Waals surface area contributed by atoms with Gasteiger partial charge in [0.2, 0.25) is 0 Å². The van der Waals surface area contributed by atoms with Crippen LogP contribution in [0.1, 0.15) is 58.8 Å². The van der Waals surface area contributed by atoms with Crippen LogP contribution < -0.4 is 0 Å². The highest BCUT2D eigenvalue weighted by molar-refractivity contribution is 4.72. The topological polar surface area (TPSA) is 40.5 Å². The molecule has 2 N–H and O–H groups in total. The summed E-state index contributed by atoms with van der Waals surface area (Å²) in [4.78, 5) is 0. The van der Waals surface area contributed by atoms with E-state index in [0.717, 1.165) is 25.2 Å². The highest BCUT2D eigenvalue weighted by Gasteiger charge is 2.19. The van der Waals surface area contributed by atoms with Crippen LogP contribution >= 0.6 is 0 Å². The van der Waals surface area contributed by atoms with E-state index < -0.39 is 0 Å². The lowest BCUT2D eigenvalue weighted by molar-refractivity contribution is 0.0760. The van der Waals surface area contributed by atoms with Crippen molar-refractivity contribution in [3.05, 3.63) is 0 Å². The van der Waals surface area contributed by atoms with Gasteiger partial charge in [0.25, 0.3) is 0 Å². The van der Waals surface area contributed by atoms with Crippen LogP contribution in [0.4, 0.5) is 0 Å². The molecule has 2 atom stereocenters. The van der Waals surface area contributed by atoms with Gasteiger partial charge in [0.15, 0.2) is 0 Å². The predicted molar refractivity (Wildman–Crippen MR) is 62.7 cm³/mol. The fourth-order valence-corrected chi connectivity index (χ4v) is 2.45. The van der Waals surface area contributed by atoms with E-state index in [0.29, 0.717) is 5.92 Å². The van der Waals surface area contributed by atoms with Crippen molar-refractivity contribution < 1.29 is 10.2 Å². The molecule has 0 aromatic rings. The van der Waals surface area contributed by atoms with E-state index in [9.17, 15) is 10.2 Å². The van der Waals surface area contributed by atoms with Gasteiger partial charge in [-0.05, 0) is 31.1 Å². The van der Waals surface area contributed by atoms with Crippen LogP contribution in [-0.4, -0.2) is 22.4 Å². The summed E-state index contributed by atoms with van der Waals surface area (Å²) < 4.78 is 0. The van der Waals surface area contributed by atoms with Crippen LogP contribution in [0.25, 0.3) is 0 Å². The Balaban J connectivity index is 2.09. The summed E-state index contributed by atoms with van der Waals surface area (Å²) in [6.45, 7) is 4.04. The molecule has 0 aromatic carbocycles. The number of aliphatic hydroxyl groups is 2. The van der Waals surface area contributed by atoms with E-state index in [1.54, 1.807) is 0 Å². The van der Waals surface area contributed by atoms with E-state index in [2.05, 4.69) is 0 Å². The first-order valence-corrected chi connectivity index (χ1v) is 6.45. The Bertz CT molecular complexity index is 162. The molecule has 1 fully saturated rings. The van der Waals surface area contributed by atoms with Crippen molar-refractivity contribution in [1.29, 1.82) is 0 Å². The van der Waals surface area contributed by atoms with Crippen molar-refractivity contribution in [2.24, 2.45) is 11.8 Å². The number of hydrogen-bond donors (Lipinski definition) is 2. The maximum Gasteiger partial charge on any atom is 0.0564 e. The third kappa shape index (κ3) is 4.98. The molecule has 2 heteroatoms. The Labute approximate surface area is 93.7 Å². The van der Waals surface area contributed by atoms with E-state index >= 15 is 0 Å². The first kappa shape index (κ1) is 13.0. The SMILES string of the molecule is CC(C)C(O)CCC(O)CC1CCCC1. The molecule has 0 radical (unpaired) electrons. The molecule has 0 bridgehead atoms. The minimum Gasteiger partial charge on any atom is -0.393 e. The molecule has 15 heavy (non-hydrogen) atoms. The van der Waals surface area contributed by atoms with E-state index in [1.165, 1.54) is 25.7 Å². The number of rotatable bonds is 6. The van der Waals surface area contributed by atoms with Gasteiger partial charge >= 0.3 is 0 Å². The lowest BCUT2D eigenvalue weighted by Crippen LogP contribution is -2.19. The van der Waals surface area contributed by atoms with Crippen LogP contribution in [-0.2, 0) is 0 Å². The molecule has 2 nitrogen and oxygen atoms in total. The molecule has 2 unspecified atom stereocenters. The second-order valence-corrected chi connectivity index (χ2v) is 5.43. The summed E-state index contributed by atoms with van der Waals surface area (Å²) in [6.07, 6.45) is 7.28. The molecule has 1 aliphatic carbocycles. The summed E-state index contributed by atoms with van der Waals surface area (Å²) in [5, 5.41) is 19.5. The van der Waals surface area contributed by atoms with Crippen molar-refractivity contribution in [1.82, 2.24) is 0 Å². The Kier molecular flexibility index (Phi) is 5.62. The fourth-order valence-electron chi connectivity index (χ4n) is 2.45. The van der Waals surface area contributed by atoms with Crippen molar-refractivity contribution in [3.63, 3.8) is 0 Å². The Morgan fingerprint density at radius 3 is 2.20 bits per heavy atom. The molecule has 0 saturated heterocycles. The minimum absolute atomic E-state index is 0.193. The van der Waals surface area contributed by atoms with Gasteiger partial charge in [-0.3, -0.25) is 0 Å². The quantitative estimate of drug-likeness (QED) is 0.713. The third-order valence-electron chi connectivity index (χ3n) is 3.65. The first-order valence-electron chi connectivity index (χ1n) is 6.45. The predicted octanol–water partition coefficient (Wildman–Crippen LogP) is 2.72. The molecule has 0 aromatic heterocycles. The molecular weight excluding hydrogens is 188 g/mol. The Morgan fingerprint density at radius 1 is 1.07 bits per heavy atom. The maximum atomic E-state index is 9.83. The molecule has 1 rings (SSSR count). The molecule has 1 aliphatic rings. The lowest BCUT2D eigenvalue weighted by atomic mass is 9.94. The second kappa shape index (κ2) is 6.49. The average Bonchev–Trinajstić information content (AvgIpc) is 2.66. The summed E-state index contributed by atoms with van der Waals surface area (Å²) >= 11 is 0. The standard InChI is InChI=1S/C13H26O2/c1-10(2)13(15)8-7-12(14)9-11-5-3-4-6-11/h10-15H,3-9H2,1-2H3. The van der Waals surface area contributed by atoms with Crippen LogP contribution in [0.15, 0.2) is 0 Å². The van der Waals surface area contributed by atoms with Gasteiger partial charge in [0, 0.05) is 0 Å². The number of aliphatic hydroxyl groups excluding tert-OH is 2. The van der Waals surface area contributed by atoms with Crippen LogP contribution in [0.5, 0.6) is 0 Å². The molecular formula is C13H26O2. The maximum absolute atomic E-state index is 9.83. The zero-order chi connectivity index (χ0) is 11.3. The zero-order valence-electron chi connectivity index (χ0n) is 10.2. The van der Waals surface area contributed by atoms with Gasteiger partial charge in [-0.25, -0.2) is 0 Å². The van der Waals surface area contributed by atoms with E-state index in [1.807, 2.05) is 13.8 Å². The smallest absolute Gasteiger partial charge is 0.0564 e. The second-order valence-electron chi connectivity index (χ2n) is 5.43. The normalized spacial score (nSPS) is 22.2. The Hall–Kier alpha value is -0.0800. The zero-order valence-corrected chi connectivity index (χ0v) is 10.2. The minimum atomic E-state index is -0.247. The monoisotopic (exact) mass is 214 g/mol. The molecule has 0 amide bonds. The Morgan fingerprint density at radius 2 is 1.67 bits per heavy atom. The van der Waals surface area contributed by atoms with Crippen molar-refractivity contribution >= 4 is 0 Å². The molecule has 90 valence electrons. The molecule has 0 aliphatic heterocycles. The first-order chi connectivity index (χ1) is 7.09. The third-order valence-corrected chi connectivity index (χ3v) is 3.65.